The zero-order valence-electron chi connectivity index (χ0n) is 10.2. The third-order valence-corrected chi connectivity index (χ3v) is 3.86. The van der Waals surface area contributed by atoms with Gasteiger partial charge in [-0.15, -0.1) is 0 Å². The molecule has 2 nitrogen and oxygen atoms in total. The minimum Gasteiger partial charge on any atom is -0.314 e. The number of amides is 1. The Kier molecular flexibility index (Phi) is 4.00. The normalized spacial score (nSPS) is 16.8. The fraction of sp³-hybridized carbons (Fsp3) is 0.500. The fourth-order valence-electron chi connectivity index (χ4n) is 2.48. The summed E-state index contributed by atoms with van der Waals surface area (Å²) >= 11 is 5.26. The molecule has 0 spiro atoms. The number of para-hydroxylation sites is 1. The van der Waals surface area contributed by atoms with Crippen molar-refractivity contribution in [3.8, 4) is 0 Å². The molecule has 1 aliphatic rings. The highest BCUT2D eigenvalue weighted by Gasteiger charge is 2.25. The number of rotatable bonds is 2. The fourth-order valence-corrected chi connectivity index (χ4v) is 2.76. The van der Waals surface area contributed by atoms with Gasteiger partial charge in [0.05, 0.1) is 10.6 Å². The van der Waals surface area contributed by atoms with E-state index in [1.165, 1.54) is 19.3 Å². The van der Waals surface area contributed by atoms with E-state index in [0.29, 0.717) is 0 Å². The monoisotopic (exact) mass is 248 g/mol. The van der Waals surface area contributed by atoms with E-state index in [1.807, 2.05) is 31.3 Å². The Labute approximate surface area is 108 Å². The second-order valence-corrected chi connectivity index (χ2v) is 5.14. The number of benzene rings is 1. The van der Waals surface area contributed by atoms with Crippen molar-refractivity contribution in [2.24, 2.45) is 5.92 Å². The Morgan fingerprint density at radius 3 is 2.53 bits per heavy atom. The van der Waals surface area contributed by atoms with Crippen molar-refractivity contribution in [1.82, 2.24) is 0 Å². The van der Waals surface area contributed by atoms with Crippen molar-refractivity contribution < 1.29 is 4.79 Å². The predicted molar refractivity (Wildman–Crippen MR) is 72.3 cm³/mol. The molecule has 0 saturated heterocycles. The summed E-state index contributed by atoms with van der Waals surface area (Å²) in [5, 5.41) is 0. The average molecular weight is 248 g/mol. The van der Waals surface area contributed by atoms with Crippen molar-refractivity contribution in [1.29, 1.82) is 0 Å². The number of hydrogen-bond acceptors (Lipinski definition) is 1. The maximum atomic E-state index is 12.3. The predicted octanol–water partition coefficient (Wildman–Crippen LogP) is 3.79. The largest absolute Gasteiger partial charge is 0.314 e. The second kappa shape index (κ2) is 5.50. The first-order valence-electron chi connectivity index (χ1n) is 6.24. The zero-order chi connectivity index (χ0) is 12.3. The molecule has 17 heavy (non-hydrogen) atoms. The van der Waals surface area contributed by atoms with E-state index in [2.05, 4.69) is 0 Å². The highest BCUT2D eigenvalue weighted by Crippen LogP contribution is 2.29. The van der Waals surface area contributed by atoms with Gasteiger partial charge in [-0.05, 0) is 25.0 Å². The maximum absolute atomic E-state index is 12.3. The lowest BCUT2D eigenvalue weighted by Crippen LogP contribution is -2.34. The maximum Gasteiger partial charge on any atom is 0.229 e. The molecule has 91 valence electrons. The summed E-state index contributed by atoms with van der Waals surface area (Å²) in [6, 6.07) is 7.62. The molecule has 1 aromatic rings. The first-order valence-corrected chi connectivity index (χ1v) is 6.64. The summed E-state index contributed by atoms with van der Waals surface area (Å²) in [7, 11) is 1.84. The van der Waals surface area contributed by atoms with Crippen LogP contribution in [-0.4, -0.2) is 13.0 Å². The van der Waals surface area contributed by atoms with E-state index in [-0.39, 0.29) is 11.8 Å². The Bertz CT molecular complexity index is 399. The lowest BCUT2D eigenvalue weighted by atomic mass is 9.88. The van der Waals surface area contributed by atoms with Crippen LogP contribution in [-0.2, 0) is 4.79 Å². The Balaban J connectivity index is 2.11. The third-order valence-electron chi connectivity index (χ3n) is 3.51. The van der Waals surface area contributed by atoms with Crippen LogP contribution in [0.5, 0.6) is 0 Å². The van der Waals surface area contributed by atoms with Gasteiger partial charge in [-0.3, -0.25) is 4.79 Å². The van der Waals surface area contributed by atoms with Crippen molar-refractivity contribution >= 4 is 24.2 Å². The number of carbonyl (C=O) groups is 1. The SMILES string of the molecule is CN(C(=O)C1CCCCC1)c1ccccc1[S]. The average Bonchev–Trinajstić information content (AvgIpc) is 2.39. The molecule has 0 bridgehead atoms. The Hall–Kier alpha value is -1.09. The molecule has 1 amide bonds. The molecule has 0 atom stereocenters. The van der Waals surface area contributed by atoms with E-state index >= 15 is 0 Å². The number of hydrogen-bond donors (Lipinski definition) is 0. The van der Waals surface area contributed by atoms with Crippen molar-refractivity contribution in [2.75, 3.05) is 11.9 Å². The molecule has 1 saturated carbocycles. The summed E-state index contributed by atoms with van der Waals surface area (Å²) in [5.41, 5.74) is 0.859. The second-order valence-electron chi connectivity index (χ2n) is 4.70. The summed E-state index contributed by atoms with van der Waals surface area (Å²) in [4.78, 5) is 14.8. The van der Waals surface area contributed by atoms with Gasteiger partial charge in [0, 0.05) is 13.0 Å². The van der Waals surface area contributed by atoms with Gasteiger partial charge in [0.1, 0.15) is 0 Å². The van der Waals surface area contributed by atoms with Gasteiger partial charge in [-0.25, -0.2) is 0 Å². The standard InChI is InChI=1S/C14H18NOS/c1-15(12-9-5-6-10-13(12)17)14(16)11-7-3-2-4-8-11/h5-6,9-11H,2-4,7-8H2,1H3. The van der Waals surface area contributed by atoms with Crippen LogP contribution in [0.4, 0.5) is 5.69 Å². The molecule has 1 aromatic carbocycles. The number of anilines is 1. The molecule has 0 heterocycles. The first kappa shape index (κ1) is 12.4. The van der Waals surface area contributed by atoms with Crippen LogP contribution in [0.1, 0.15) is 32.1 Å². The minimum atomic E-state index is 0.198. The summed E-state index contributed by atoms with van der Waals surface area (Å²) in [6.07, 6.45) is 5.69. The molecule has 0 N–H and O–H groups in total. The van der Waals surface area contributed by atoms with Crippen molar-refractivity contribution in [3.63, 3.8) is 0 Å². The lowest BCUT2D eigenvalue weighted by molar-refractivity contribution is -0.123. The molecule has 3 heteroatoms. The van der Waals surface area contributed by atoms with Gasteiger partial charge in [-0.1, -0.05) is 44.0 Å². The highest BCUT2D eigenvalue weighted by molar-refractivity contribution is 7.80. The van der Waals surface area contributed by atoms with Crippen LogP contribution in [0.25, 0.3) is 0 Å². The third kappa shape index (κ3) is 2.78. The minimum absolute atomic E-state index is 0.198. The number of carbonyl (C=O) groups excluding carboxylic acids is 1. The highest BCUT2D eigenvalue weighted by atomic mass is 32.1. The van der Waals surface area contributed by atoms with Crippen LogP contribution >= 0.6 is 12.6 Å². The molecular weight excluding hydrogens is 230 g/mol. The molecule has 0 aromatic heterocycles. The summed E-state index contributed by atoms with van der Waals surface area (Å²) in [5.74, 6) is 0.422. The van der Waals surface area contributed by atoms with Gasteiger partial charge < -0.3 is 4.90 Å². The molecular formula is C14H18NOS. The van der Waals surface area contributed by atoms with E-state index in [0.717, 1.165) is 23.4 Å². The summed E-state index contributed by atoms with van der Waals surface area (Å²) < 4.78 is 0. The Morgan fingerprint density at radius 2 is 1.88 bits per heavy atom. The topological polar surface area (TPSA) is 20.3 Å². The molecule has 2 rings (SSSR count). The van der Waals surface area contributed by atoms with E-state index in [1.54, 1.807) is 4.90 Å². The molecule has 1 fully saturated rings. The van der Waals surface area contributed by atoms with Crippen LogP contribution < -0.4 is 4.90 Å². The number of nitrogens with zero attached hydrogens (tertiary/aromatic N) is 1. The van der Waals surface area contributed by atoms with Crippen molar-refractivity contribution in [2.45, 2.75) is 37.0 Å². The van der Waals surface area contributed by atoms with Crippen molar-refractivity contribution in [3.05, 3.63) is 24.3 Å². The van der Waals surface area contributed by atoms with Gasteiger partial charge in [-0.2, -0.15) is 0 Å². The quantitative estimate of drug-likeness (QED) is 0.780. The van der Waals surface area contributed by atoms with Gasteiger partial charge >= 0.3 is 0 Å². The smallest absolute Gasteiger partial charge is 0.229 e. The lowest BCUT2D eigenvalue weighted by Gasteiger charge is -2.27. The van der Waals surface area contributed by atoms with Gasteiger partial charge in [0.2, 0.25) is 5.91 Å². The first-order chi connectivity index (χ1) is 8.20. The van der Waals surface area contributed by atoms with Crippen LogP contribution in [0.3, 0.4) is 0 Å². The van der Waals surface area contributed by atoms with Gasteiger partial charge in [0.15, 0.2) is 0 Å². The molecule has 1 aliphatic carbocycles. The molecule has 0 unspecified atom stereocenters. The molecule has 0 aliphatic heterocycles. The molecule has 1 radical (unpaired) electrons. The van der Waals surface area contributed by atoms with E-state index in [4.69, 9.17) is 12.6 Å². The van der Waals surface area contributed by atoms with E-state index in [9.17, 15) is 4.79 Å². The Morgan fingerprint density at radius 1 is 1.24 bits per heavy atom. The van der Waals surface area contributed by atoms with Crippen LogP contribution in [0, 0.1) is 5.92 Å². The zero-order valence-corrected chi connectivity index (χ0v) is 11.0. The summed E-state index contributed by atoms with van der Waals surface area (Å²) in [6.45, 7) is 0. The van der Waals surface area contributed by atoms with Crippen LogP contribution in [0.2, 0.25) is 0 Å². The van der Waals surface area contributed by atoms with Crippen LogP contribution in [0.15, 0.2) is 29.2 Å². The van der Waals surface area contributed by atoms with E-state index < -0.39 is 0 Å². The van der Waals surface area contributed by atoms with Gasteiger partial charge in [0.25, 0.3) is 0 Å².